The Morgan fingerprint density at radius 2 is 2.13 bits per heavy atom. The zero-order valence-corrected chi connectivity index (χ0v) is 9.65. The van der Waals surface area contributed by atoms with E-state index in [1.54, 1.807) is 0 Å². The van der Waals surface area contributed by atoms with Crippen molar-refractivity contribution in [3.63, 3.8) is 0 Å². The first-order valence-electron chi connectivity index (χ1n) is 5.79. The maximum Gasteiger partial charge on any atom is 0.0948 e. The van der Waals surface area contributed by atoms with E-state index in [1.165, 1.54) is 31.4 Å². The molecule has 0 unspecified atom stereocenters. The van der Waals surface area contributed by atoms with E-state index in [0.29, 0.717) is 6.10 Å². The van der Waals surface area contributed by atoms with E-state index < -0.39 is 0 Å². The molecule has 0 bridgehead atoms. The number of aryl methyl sites for hydroxylation is 1. The summed E-state index contributed by atoms with van der Waals surface area (Å²) in [7, 11) is 1.82. The van der Waals surface area contributed by atoms with Gasteiger partial charge in [-0.1, -0.05) is 0 Å². The second kappa shape index (κ2) is 4.79. The molecule has 1 fully saturated rings. The van der Waals surface area contributed by atoms with Gasteiger partial charge in [-0.25, -0.2) is 4.98 Å². The van der Waals surface area contributed by atoms with Crippen molar-refractivity contribution < 1.29 is 4.74 Å². The van der Waals surface area contributed by atoms with Gasteiger partial charge in [0.1, 0.15) is 0 Å². The first-order chi connectivity index (χ1) is 7.29. The zero-order chi connectivity index (χ0) is 10.7. The Kier molecular flexibility index (Phi) is 3.41. The molecule has 15 heavy (non-hydrogen) atoms. The van der Waals surface area contributed by atoms with Crippen molar-refractivity contribution in [2.75, 3.05) is 7.11 Å². The highest BCUT2D eigenvalue weighted by atomic mass is 16.5. The van der Waals surface area contributed by atoms with Gasteiger partial charge < -0.3 is 9.30 Å². The van der Waals surface area contributed by atoms with Crippen LogP contribution in [0, 0.1) is 12.8 Å². The predicted molar refractivity (Wildman–Crippen MR) is 59.7 cm³/mol. The molecule has 1 heterocycles. The smallest absolute Gasteiger partial charge is 0.0948 e. The number of nitrogens with zero attached hydrogens (tertiary/aromatic N) is 2. The molecule has 0 radical (unpaired) electrons. The molecule has 0 amide bonds. The molecule has 84 valence electrons. The standard InChI is InChI=1S/C12H20N2O/c1-10-7-13-9-14(10)8-11-3-5-12(15-2)6-4-11/h7,9,11-12H,3-6,8H2,1-2H3. The highest BCUT2D eigenvalue weighted by molar-refractivity contribution is 4.94. The third-order valence-electron chi connectivity index (χ3n) is 3.50. The highest BCUT2D eigenvalue weighted by Gasteiger charge is 2.21. The first kappa shape index (κ1) is 10.7. The molecule has 0 atom stereocenters. The lowest BCUT2D eigenvalue weighted by atomic mass is 9.87. The number of imidazole rings is 1. The second-order valence-corrected chi connectivity index (χ2v) is 4.57. The minimum atomic E-state index is 0.505. The van der Waals surface area contributed by atoms with Crippen molar-refractivity contribution in [3.8, 4) is 0 Å². The van der Waals surface area contributed by atoms with Crippen LogP contribution in [0.5, 0.6) is 0 Å². The van der Waals surface area contributed by atoms with Crippen molar-refractivity contribution in [1.82, 2.24) is 9.55 Å². The van der Waals surface area contributed by atoms with E-state index in [1.807, 2.05) is 19.6 Å². The fraction of sp³-hybridized carbons (Fsp3) is 0.750. The van der Waals surface area contributed by atoms with Gasteiger partial charge in [-0.05, 0) is 38.5 Å². The number of aromatic nitrogens is 2. The highest BCUT2D eigenvalue weighted by Crippen LogP contribution is 2.27. The van der Waals surface area contributed by atoms with Crippen LogP contribution in [0.3, 0.4) is 0 Å². The summed E-state index contributed by atoms with van der Waals surface area (Å²) in [5, 5.41) is 0. The molecule has 0 spiro atoms. The Labute approximate surface area is 91.5 Å². The summed E-state index contributed by atoms with van der Waals surface area (Å²) in [5.41, 5.74) is 1.27. The lowest BCUT2D eigenvalue weighted by molar-refractivity contribution is 0.0541. The van der Waals surface area contributed by atoms with Crippen LogP contribution >= 0.6 is 0 Å². The Balaban J connectivity index is 1.85. The normalized spacial score (nSPS) is 26.8. The predicted octanol–water partition coefficient (Wildman–Crippen LogP) is 2.40. The van der Waals surface area contributed by atoms with Gasteiger partial charge in [0.25, 0.3) is 0 Å². The van der Waals surface area contributed by atoms with Gasteiger partial charge in [-0.15, -0.1) is 0 Å². The minimum absolute atomic E-state index is 0.505. The number of ether oxygens (including phenoxy) is 1. The topological polar surface area (TPSA) is 27.1 Å². The Hall–Kier alpha value is -0.830. The molecule has 1 aromatic heterocycles. The quantitative estimate of drug-likeness (QED) is 0.762. The maximum atomic E-state index is 5.38. The fourth-order valence-electron chi connectivity index (χ4n) is 2.41. The minimum Gasteiger partial charge on any atom is -0.381 e. The summed E-state index contributed by atoms with van der Waals surface area (Å²) in [6.07, 6.45) is 9.39. The van der Waals surface area contributed by atoms with Crippen LogP contribution in [0.15, 0.2) is 12.5 Å². The monoisotopic (exact) mass is 208 g/mol. The summed E-state index contributed by atoms with van der Waals surface area (Å²) in [6, 6.07) is 0. The van der Waals surface area contributed by atoms with Crippen LogP contribution in [0.2, 0.25) is 0 Å². The number of methoxy groups -OCH3 is 1. The molecule has 1 aromatic rings. The largest absolute Gasteiger partial charge is 0.381 e. The van der Waals surface area contributed by atoms with Crippen molar-refractivity contribution in [1.29, 1.82) is 0 Å². The summed E-state index contributed by atoms with van der Waals surface area (Å²) >= 11 is 0. The van der Waals surface area contributed by atoms with Crippen LogP contribution in [0.4, 0.5) is 0 Å². The van der Waals surface area contributed by atoms with E-state index in [0.717, 1.165) is 12.5 Å². The van der Waals surface area contributed by atoms with Gasteiger partial charge in [0.2, 0.25) is 0 Å². The van der Waals surface area contributed by atoms with E-state index in [4.69, 9.17) is 4.74 Å². The van der Waals surface area contributed by atoms with Crippen LogP contribution in [-0.4, -0.2) is 22.8 Å². The Morgan fingerprint density at radius 1 is 1.40 bits per heavy atom. The summed E-state index contributed by atoms with van der Waals surface area (Å²) in [5.74, 6) is 0.810. The van der Waals surface area contributed by atoms with Crippen LogP contribution in [0.25, 0.3) is 0 Å². The van der Waals surface area contributed by atoms with Crippen LogP contribution in [-0.2, 0) is 11.3 Å². The molecule has 0 saturated heterocycles. The molecule has 0 aromatic carbocycles. The third kappa shape index (κ3) is 2.59. The van der Waals surface area contributed by atoms with Crippen LogP contribution < -0.4 is 0 Å². The number of hydrogen-bond acceptors (Lipinski definition) is 2. The SMILES string of the molecule is COC1CCC(Cn2cncc2C)CC1. The lowest BCUT2D eigenvalue weighted by Crippen LogP contribution is -2.23. The average Bonchev–Trinajstić information content (AvgIpc) is 2.66. The molecule has 0 aliphatic heterocycles. The van der Waals surface area contributed by atoms with E-state index in [9.17, 15) is 0 Å². The van der Waals surface area contributed by atoms with Gasteiger partial charge in [0.05, 0.1) is 12.4 Å². The molecule has 0 N–H and O–H groups in total. The van der Waals surface area contributed by atoms with Crippen molar-refractivity contribution >= 4 is 0 Å². The summed E-state index contributed by atoms with van der Waals surface area (Å²) < 4.78 is 7.64. The van der Waals surface area contributed by atoms with Gasteiger partial charge in [-0.2, -0.15) is 0 Å². The Morgan fingerprint density at radius 3 is 2.67 bits per heavy atom. The lowest BCUT2D eigenvalue weighted by Gasteiger charge is -2.27. The molecule has 3 heteroatoms. The van der Waals surface area contributed by atoms with Crippen LogP contribution in [0.1, 0.15) is 31.4 Å². The summed E-state index contributed by atoms with van der Waals surface area (Å²) in [4.78, 5) is 4.16. The Bertz CT molecular complexity index is 300. The molecule has 3 nitrogen and oxygen atoms in total. The molecular weight excluding hydrogens is 188 g/mol. The van der Waals surface area contributed by atoms with E-state index in [2.05, 4.69) is 16.5 Å². The van der Waals surface area contributed by atoms with E-state index in [-0.39, 0.29) is 0 Å². The van der Waals surface area contributed by atoms with Gasteiger partial charge in [-0.3, -0.25) is 0 Å². The number of hydrogen-bond donors (Lipinski definition) is 0. The van der Waals surface area contributed by atoms with Gasteiger partial charge in [0.15, 0.2) is 0 Å². The summed E-state index contributed by atoms with van der Waals surface area (Å²) in [6.45, 7) is 3.25. The second-order valence-electron chi connectivity index (χ2n) is 4.57. The first-order valence-corrected chi connectivity index (χ1v) is 5.79. The zero-order valence-electron chi connectivity index (χ0n) is 9.65. The van der Waals surface area contributed by atoms with Crippen molar-refractivity contribution in [3.05, 3.63) is 18.2 Å². The molecular formula is C12H20N2O. The molecule has 1 aliphatic carbocycles. The van der Waals surface area contributed by atoms with Crippen molar-refractivity contribution in [2.45, 2.75) is 45.3 Å². The van der Waals surface area contributed by atoms with Gasteiger partial charge in [0, 0.05) is 25.5 Å². The fourth-order valence-corrected chi connectivity index (χ4v) is 2.41. The molecule has 1 aliphatic rings. The third-order valence-corrected chi connectivity index (χ3v) is 3.50. The average molecular weight is 208 g/mol. The number of rotatable bonds is 3. The van der Waals surface area contributed by atoms with E-state index >= 15 is 0 Å². The molecule has 2 rings (SSSR count). The van der Waals surface area contributed by atoms with Crippen molar-refractivity contribution in [2.24, 2.45) is 5.92 Å². The molecule has 1 saturated carbocycles. The van der Waals surface area contributed by atoms with Gasteiger partial charge >= 0.3 is 0 Å². The maximum absolute atomic E-state index is 5.38.